The van der Waals surface area contributed by atoms with Crippen molar-refractivity contribution in [2.45, 2.75) is 0 Å². The zero-order valence-electron chi connectivity index (χ0n) is 5.92. The van der Waals surface area contributed by atoms with Gasteiger partial charge in [-0.25, -0.2) is 0 Å². The van der Waals surface area contributed by atoms with E-state index in [2.05, 4.69) is 0 Å². The van der Waals surface area contributed by atoms with Gasteiger partial charge in [0.15, 0.2) is 0 Å². The summed E-state index contributed by atoms with van der Waals surface area (Å²) >= 11 is 0. The van der Waals surface area contributed by atoms with Gasteiger partial charge in [-0.05, 0) is 0 Å². The molecule has 0 bridgehead atoms. The SMILES string of the molecule is O=C([O-])C(=O)[O-].O=C([O-])C(=O)[O-].[Co+2].[Ni+2]. The molecule has 0 saturated carbocycles. The van der Waals surface area contributed by atoms with Gasteiger partial charge in [-0.3, -0.25) is 0 Å². The molecule has 0 amide bonds. The first-order valence-electron chi connectivity index (χ1n) is 2.13. The number of carboxylic acids is 4. The van der Waals surface area contributed by atoms with Gasteiger partial charge in [0.2, 0.25) is 0 Å². The van der Waals surface area contributed by atoms with Crippen molar-refractivity contribution in [3.63, 3.8) is 0 Å². The van der Waals surface area contributed by atoms with E-state index >= 15 is 0 Å². The third-order valence-corrected chi connectivity index (χ3v) is 0.333. The molecule has 8 nitrogen and oxygen atoms in total. The summed E-state index contributed by atoms with van der Waals surface area (Å²) in [5, 5.41) is 35.7. The molecule has 14 heavy (non-hydrogen) atoms. The van der Waals surface area contributed by atoms with Crippen molar-refractivity contribution in [3.8, 4) is 0 Å². The molecule has 0 rings (SSSR count). The summed E-state index contributed by atoms with van der Waals surface area (Å²) in [7, 11) is 0. The van der Waals surface area contributed by atoms with E-state index in [1.54, 1.807) is 0 Å². The maximum Gasteiger partial charge on any atom is 2.00 e. The van der Waals surface area contributed by atoms with Crippen LogP contribution in [0.2, 0.25) is 0 Å². The van der Waals surface area contributed by atoms with Crippen LogP contribution in [0.15, 0.2) is 0 Å². The molecule has 0 fully saturated rings. The molecule has 0 aromatic rings. The summed E-state index contributed by atoms with van der Waals surface area (Å²) in [6.45, 7) is 0. The molecule has 0 N–H and O–H groups in total. The second-order valence-corrected chi connectivity index (χ2v) is 1.15. The molecular formula is C4CoNiO8. The third kappa shape index (κ3) is 22.4. The molecule has 0 heterocycles. The van der Waals surface area contributed by atoms with Gasteiger partial charge in [-0.15, -0.1) is 0 Å². The Labute approximate surface area is 97.0 Å². The normalized spacial score (nSPS) is 6.29. The van der Waals surface area contributed by atoms with Crippen LogP contribution in [0.4, 0.5) is 0 Å². The Morgan fingerprint density at radius 1 is 0.571 bits per heavy atom. The molecule has 0 aromatic heterocycles. The first-order valence-corrected chi connectivity index (χ1v) is 2.13. The Hall–Kier alpha value is -1.12. The standard InChI is InChI=1S/2C2H2O4.Co.Ni/c2*3-1(4)2(5)6;;/h2*(H,3,4)(H,5,6);;/q;;2*+2/p-4. The fourth-order valence-electron chi connectivity index (χ4n) is 0. The molecule has 0 aromatic carbocycles. The molecule has 0 aliphatic rings. The van der Waals surface area contributed by atoms with Gasteiger partial charge in [0.25, 0.3) is 0 Å². The van der Waals surface area contributed by atoms with E-state index in [0.717, 1.165) is 0 Å². The van der Waals surface area contributed by atoms with E-state index in [9.17, 15) is 0 Å². The van der Waals surface area contributed by atoms with Gasteiger partial charge in [-0.2, -0.15) is 0 Å². The van der Waals surface area contributed by atoms with Crippen molar-refractivity contribution in [2.24, 2.45) is 0 Å². The monoisotopic (exact) mass is 293 g/mol. The van der Waals surface area contributed by atoms with Gasteiger partial charge in [0.1, 0.15) is 0 Å². The molecule has 0 spiro atoms. The Kier molecular flexibility index (Phi) is 19.6. The van der Waals surface area contributed by atoms with Crippen molar-refractivity contribution >= 4 is 23.9 Å². The first-order chi connectivity index (χ1) is 5.29. The Morgan fingerprint density at radius 3 is 0.643 bits per heavy atom. The van der Waals surface area contributed by atoms with Crippen LogP contribution in [0, 0.1) is 0 Å². The molecule has 0 aliphatic carbocycles. The molecule has 0 aliphatic heterocycles. The van der Waals surface area contributed by atoms with Gasteiger partial charge >= 0.3 is 33.3 Å². The molecule has 0 atom stereocenters. The van der Waals surface area contributed by atoms with E-state index in [4.69, 9.17) is 39.6 Å². The van der Waals surface area contributed by atoms with Crippen LogP contribution < -0.4 is 20.4 Å². The second-order valence-electron chi connectivity index (χ2n) is 1.15. The van der Waals surface area contributed by atoms with Crippen LogP contribution in [0.3, 0.4) is 0 Å². The molecular weight excluding hydrogens is 294 g/mol. The molecule has 0 saturated heterocycles. The number of aliphatic carboxylic acids is 4. The Morgan fingerprint density at radius 2 is 0.643 bits per heavy atom. The first kappa shape index (κ1) is 23.1. The maximum absolute atomic E-state index is 8.93. The minimum absolute atomic E-state index is 0. The predicted octanol–water partition coefficient (Wildman–Crippen LogP) is -7.03. The summed E-state index contributed by atoms with van der Waals surface area (Å²) in [5.74, 6) is -8.74. The predicted molar refractivity (Wildman–Crippen MR) is 20.0 cm³/mol. The Bertz CT molecular complexity index is 177. The fourth-order valence-corrected chi connectivity index (χ4v) is 0. The van der Waals surface area contributed by atoms with Crippen LogP contribution in [0.5, 0.6) is 0 Å². The van der Waals surface area contributed by atoms with Crippen molar-refractivity contribution in [3.05, 3.63) is 0 Å². The average Bonchev–Trinajstić information content (AvgIpc) is 1.88. The van der Waals surface area contributed by atoms with Gasteiger partial charge in [0, 0.05) is 0 Å². The van der Waals surface area contributed by atoms with Gasteiger partial charge < -0.3 is 39.6 Å². The topological polar surface area (TPSA) is 161 Å². The summed E-state index contributed by atoms with van der Waals surface area (Å²) < 4.78 is 0. The minimum atomic E-state index is -2.19. The van der Waals surface area contributed by atoms with Crippen LogP contribution in [0.25, 0.3) is 0 Å². The number of carbonyl (C=O) groups is 4. The molecule has 1 radical (unpaired) electrons. The van der Waals surface area contributed by atoms with Crippen molar-refractivity contribution in [1.29, 1.82) is 0 Å². The summed E-state index contributed by atoms with van der Waals surface area (Å²) in [6.07, 6.45) is 0. The van der Waals surface area contributed by atoms with E-state index in [-0.39, 0.29) is 33.3 Å². The van der Waals surface area contributed by atoms with E-state index in [1.165, 1.54) is 0 Å². The van der Waals surface area contributed by atoms with Crippen molar-refractivity contribution in [2.75, 3.05) is 0 Å². The molecule has 83 valence electrons. The van der Waals surface area contributed by atoms with Crippen molar-refractivity contribution < 1.29 is 72.9 Å². The second kappa shape index (κ2) is 11.9. The van der Waals surface area contributed by atoms with Gasteiger partial charge in [-0.1, -0.05) is 0 Å². The van der Waals surface area contributed by atoms with Crippen LogP contribution in [-0.4, -0.2) is 23.9 Å². The van der Waals surface area contributed by atoms with Crippen LogP contribution >= 0.6 is 0 Å². The number of hydrogen-bond acceptors (Lipinski definition) is 8. The smallest absolute Gasteiger partial charge is 0.543 e. The third-order valence-electron chi connectivity index (χ3n) is 0.333. The van der Waals surface area contributed by atoms with Crippen LogP contribution in [-0.2, 0) is 52.4 Å². The largest absolute Gasteiger partial charge is 2.00 e. The van der Waals surface area contributed by atoms with E-state index < -0.39 is 23.9 Å². The molecule has 0 unspecified atom stereocenters. The zero-order chi connectivity index (χ0) is 10.3. The number of carboxylic acid groups (broad SMARTS) is 4. The van der Waals surface area contributed by atoms with E-state index in [0.29, 0.717) is 0 Å². The van der Waals surface area contributed by atoms with Gasteiger partial charge in [0.05, 0.1) is 23.9 Å². The maximum atomic E-state index is 8.93. The van der Waals surface area contributed by atoms with E-state index in [1.807, 2.05) is 0 Å². The summed E-state index contributed by atoms with van der Waals surface area (Å²) in [5.41, 5.74) is 0. The number of rotatable bonds is 0. The average molecular weight is 294 g/mol. The number of hydrogen-bond donors (Lipinski definition) is 0. The van der Waals surface area contributed by atoms with Crippen molar-refractivity contribution in [1.82, 2.24) is 0 Å². The Balaban J connectivity index is -0.0000000625. The quantitative estimate of drug-likeness (QED) is 0.314. The fraction of sp³-hybridized carbons (Fsp3) is 0. The minimum Gasteiger partial charge on any atom is -0.543 e. The summed E-state index contributed by atoms with van der Waals surface area (Å²) in [6, 6.07) is 0. The molecule has 10 heteroatoms. The summed E-state index contributed by atoms with van der Waals surface area (Å²) in [4.78, 5) is 35.7. The van der Waals surface area contributed by atoms with Crippen LogP contribution in [0.1, 0.15) is 0 Å². The zero-order valence-corrected chi connectivity index (χ0v) is 7.94. The number of carbonyl (C=O) groups excluding carboxylic acids is 4.